The Kier molecular flexibility index (Phi) is 5.92. The number of benzene rings is 3. The molecule has 0 fully saturated rings. The fourth-order valence-electron chi connectivity index (χ4n) is 4.84. The topological polar surface area (TPSA) is 30.5 Å². The molecule has 3 aromatic rings. The molecule has 0 saturated heterocycles. The molecule has 1 aliphatic carbocycles. The highest BCUT2D eigenvalue weighted by Gasteiger charge is 2.38. The van der Waals surface area contributed by atoms with E-state index in [1.165, 1.54) is 22.4 Å². The molecular formula is C27H25BrClNO2. The number of anilines is 1. The van der Waals surface area contributed by atoms with Crippen LogP contribution in [-0.2, 0) is 6.61 Å². The molecule has 0 amide bonds. The first-order chi connectivity index (χ1) is 15.5. The number of hydrogen-bond donors (Lipinski definition) is 1. The Balaban J connectivity index is 1.44. The number of hydrogen-bond acceptors (Lipinski definition) is 3. The first-order valence-corrected chi connectivity index (χ1v) is 12.0. The van der Waals surface area contributed by atoms with Crippen LogP contribution in [0.2, 0.25) is 5.02 Å². The first kappa shape index (κ1) is 21.4. The van der Waals surface area contributed by atoms with Crippen LogP contribution in [0, 0.1) is 12.8 Å². The summed E-state index contributed by atoms with van der Waals surface area (Å²) < 4.78 is 12.8. The molecule has 3 aromatic carbocycles. The number of allylic oxidation sites excluding steroid dienone is 2. The van der Waals surface area contributed by atoms with E-state index in [2.05, 4.69) is 70.7 Å². The minimum absolute atomic E-state index is 0.195. The van der Waals surface area contributed by atoms with E-state index in [9.17, 15) is 0 Å². The van der Waals surface area contributed by atoms with Crippen molar-refractivity contribution in [3.8, 4) is 11.5 Å². The SMILES string of the molecule is COc1cc([C@@H]2Nc3ccc(C)cc3[C@@H]3C=CC[C@@H]32)cc(Br)c1OCc1ccc(Cl)cc1. The molecule has 5 rings (SSSR count). The monoisotopic (exact) mass is 509 g/mol. The zero-order chi connectivity index (χ0) is 22.2. The van der Waals surface area contributed by atoms with Crippen molar-refractivity contribution >= 4 is 33.2 Å². The number of rotatable bonds is 5. The highest BCUT2D eigenvalue weighted by molar-refractivity contribution is 9.10. The molecule has 0 saturated carbocycles. The zero-order valence-corrected chi connectivity index (χ0v) is 20.4. The summed E-state index contributed by atoms with van der Waals surface area (Å²) in [6.07, 6.45) is 5.74. The highest BCUT2D eigenvalue weighted by atomic mass is 79.9. The lowest BCUT2D eigenvalue weighted by Gasteiger charge is -2.38. The Morgan fingerprint density at radius 3 is 2.69 bits per heavy atom. The van der Waals surface area contributed by atoms with Gasteiger partial charge in [-0.25, -0.2) is 0 Å². The van der Waals surface area contributed by atoms with Gasteiger partial charge in [-0.2, -0.15) is 0 Å². The normalized spacial score (nSPS) is 20.9. The number of nitrogens with one attached hydrogen (secondary N) is 1. The highest BCUT2D eigenvalue weighted by Crippen LogP contribution is 2.51. The fourth-order valence-corrected chi connectivity index (χ4v) is 5.54. The van der Waals surface area contributed by atoms with Gasteiger partial charge >= 0.3 is 0 Å². The number of halogens is 2. The van der Waals surface area contributed by atoms with Gasteiger partial charge in [0.1, 0.15) is 6.61 Å². The Bertz CT molecular complexity index is 1180. The van der Waals surface area contributed by atoms with E-state index in [4.69, 9.17) is 21.1 Å². The third kappa shape index (κ3) is 4.02. The third-order valence-electron chi connectivity index (χ3n) is 6.43. The van der Waals surface area contributed by atoms with Crippen molar-refractivity contribution in [1.82, 2.24) is 0 Å². The van der Waals surface area contributed by atoms with Crippen LogP contribution in [0.5, 0.6) is 11.5 Å². The van der Waals surface area contributed by atoms with Crippen LogP contribution in [0.3, 0.4) is 0 Å². The molecule has 5 heteroatoms. The van der Waals surface area contributed by atoms with Crippen LogP contribution in [-0.4, -0.2) is 7.11 Å². The van der Waals surface area contributed by atoms with E-state index in [0.29, 0.717) is 29.2 Å². The summed E-state index contributed by atoms with van der Waals surface area (Å²) in [4.78, 5) is 0. The fraction of sp³-hybridized carbons (Fsp3) is 0.259. The number of ether oxygens (including phenoxy) is 2. The second-order valence-electron chi connectivity index (χ2n) is 8.52. The van der Waals surface area contributed by atoms with Crippen LogP contribution in [0.15, 0.2) is 71.2 Å². The van der Waals surface area contributed by atoms with Crippen molar-refractivity contribution in [2.45, 2.75) is 31.9 Å². The second kappa shape index (κ2) is 8.84. The molecule has 3 nitrogen and oxygen atoms in total. The molecule has 3 atom stereocenters. The van der Waals surface area contributed by atoms with Crippen molar-refractivity contribution in [3.63, 3.8) is 0 Å². The second-order valence-corrected chi connectivity index (χ2v) is 9.81. The molecule has 0 radical (unpaired) electrons. The maximum Gasteiger partial charge on any atom is 0.175 e. The number of aryl methyl sites for hydroxylation is 1. The summed E-state index contributed by atoms with van der Waals surface area (Å²) in [5.41, 5.74) is 6.15. The molecule has 0 spiro atoms. The molecule has 1 aliphatic heterocycles. The molecule has 0 aromatic heterocycles. The standard InChI is InChI=1S/C27H25BrClNO2/c1-16-6-11-24-22(12-16)20-4-3-5-21(20)26(30-24)18-13-23(28)27(25(14-18)31-2)32-15-17-7-9-19(29)10-8-17/h3-4,6-14,20-21,26,30H,5,15H2,1-2H3/t20-,21+,26+/m1/s1. The van der Waals surface area contributed by atoms with E-state index >= 15 is 0 Å². The minimum atomic E-state index is 0.195. The van der Waals surface area contributed by atoms with Crippen molar-refractivity contribution in [2.24, 2.45) is 5.92 Å². The van der Waals surface area contributed by atoms with Gasteiger partial charge in [-0.05, 0) is 82.2 Å². The average Bonchev–Trinajstić information content (AvgIpc) is 3.29. The summed E-state index contributed by atoms with van der Waals surface area (Å²) in [5.74, 6) is 2.34. The lowest BCUT2D eigenvalue weighted by Crippen LogP contribution is -2.29. The quantitative estimate of drug-likeness (QED) is 0.355. The maximum absolute atomic E-state index is 6.14. The van der Waals surface area contributed by atoms with E-state index in [1.807, 2.05) is 24.3 Å². The summed E-state index contributed by atoms with van der Waals surface area (Å²) in [6, 6.07) is 18.8. The van der Waals surface area contributed by atoms with Crippen molar-refractivity contribution in [3.05, 3.63) is 98.5 Å². The Morgan fingerprint density at radius 2 is 1.91 bits per heavy atom. The van der Waals surface area contributed by atoms with Crippen LogP contribution in [0.25, 0.3) is 0 Å². The Hall–Kier alpha value is -2.43. The summed E-state index contributed by atoms with van der Waals surface area (Å²) in [5, 5.41) is 4.52. The molecule has 1 heterocycles. The predicted octanol–water partition coefficient (Wildman–Crippen LogP) is 7.83. The van der Waals surface area contributed by atoms with Gasteiger partial charge in [0.15, 0.2) is 11.5 Å². The van der Waals surface area contributed by atoms with E-state index < -0.39 is 0 Å². The molecule has 32 heavy (non-hydrogen) atoms. The van der Waals surface area contributed by atoms with Gasteiger partial charge in [0.05, 0.1) is 17.6 Å². The summed E-state index contributed by atoms with van der Waals surface area (Å²) >= 11 is 9.73. The molecule has 0 unspecified atom stereocenters. The van der Waals surface area contributed by atoms with Crippen molar-refractivity contribution in [1.29, 1.82) is 0 Å². The Labute approximate surface area is 202 Å². The minimum Gasteiger partial charge on any atom is -0.493 e. The van der Waals surface area contributed by atoms with E-state index in [1.54, 1.807) is 7.11 Å². The van der Waals surface area contributed by atoms with Gasteiger partial charge in [0.2, 0.25) is 0 Å². The van der Waals surface area contributed by atoms with E-state index in [-0.39, 0.29) is 6.04 Å². The lowest BCUT2D eigenvalue weighted by molar-refractivity contribution is 0.282. The average molecular weight is 511 g/mol. The van der Waals surface area contributed by atoms with Crippen LogP contribution >= 0.6 is 27.5 Å². The third-order valence-corrected chi connectivity index (χ3v) is 7.27. The molecule has 2 aliphatic rings. The zero-order valence-electron chi connectivity index (χ0n) is 18.1. The lowest BCUT2D eigenvalue weighted by atomic mass is 9.76. The van der Waals surface area contributed by atoms with Crippen LogP contribution < -0.4 is 14.8 Å². The van der Waals surface area contributed by atoms with Gasteiger partial charge in [-0.3, -0.25) is 0 Å². The summed E-state index contributed by atoms with van der Waals surface area (Å²) in [7, 11) is 1.69. The largest absolute Gasteiger partial charge is 0.493 e. The van der Waals surface area contributed by atoms with Crippen molar-refractivity contribution < 1.29 is 9.47 Å². The smallest absolute Gasteiger partial charge is 0.175 e. The maximum atomic E-state index is 6.14. The van der Waals surface area contributed by atoms with Gasteiger partial charge < -0.3 is 14.8 Å². The van der Waals surface area contributed by atoms with Gasteiger partial charge in [0.25, 0.3) is 0 Å². The molecule has 1 N–H and O–H groups in total. The van der Waals surface area contributed by atoms with Crippen LogP contribution in [0.4, 0.5) is 5.69 Å². The van der Waals surface area contributed by atoms with Crippen LogP contribution in [0.1, 0.15) is 40.6 Å². The summed E-state index contributed by atoms with van der Waals surface area (Å²) in [6.45, 7) is 2.60. The van der Waals surface area contributed by atoms with Gasteiger partial charge in [-0.15, -0.1) is 0 Å². The van der Waals surface area contributed by atoms with Gasteiger partial charge in [-0.1, -0.05) is 53.6 Å². The first-order valence-electron chi connectivity index (χ1n) is 10.8. The molecular weight excluding hydrogens is 486 g/mol. The molecule has 164 valence electrons. The number of fused-ring (bicyclic) bond motifs is 3. The van der Waals surface area contributed by atoms with E-state index in [0.717, 1.165) is 22.2 Å². The molecule has 0 bridgehead atoms. The Morgan fingerprint density at radius 1 is 1.09 bits per heavy atom. The predicted molar refractivity (Wildman–Crippen MR) is 134 cm³/mol. The number of methoxy groups -OCH3 is 1. The van der Waals surface area contributed by atoms with Gasteiger partial charge in [0, 0.05) is 16.6 Å². The van der Waals surface area contributed by atoms with Crippen molar-refractivity contribution in [2.75, 3.05) is 12.4 Å².